The lowest BCUT2D eigenvalue weighted by Gasteiger charge is -2.16. The van der Waals surface area contributed by atoms with E-state index in [9.17, 15) is 0 Å². The number of hydrogen-bond donors (Lipinski definition) is 1. The molecule has 3 nitrogen and oxygen atoms in total. The third-order valence-electron chi connectivity index (χ3n) is 2.77. The molecule has 0 amide bonds. The summed E-state index contributed by atoms with van der Waals surface area (Å²) >= 11 is 3.55. The van der Waals surface area contributed by atoms with Crippen LogP contribution in [0.4, 0.5) is 0 Å². The van der Waals surface area contributed by atoms with Crippen LogP contribution in [-0.4, -0.2) is 20.8 Å². The summed E-state index contributed by atoms with van der Waals surface area (Å²) in [6.45, 7) is 2.80. The molecule has 0 aliphatic heterocycles. The Kier molecular flexibility index (Phi) is 5.78. The summed E-state index contributed by atoms with van der Waals surface area (Å²) in [5, 5.41) is 0. The maximum Gasteiger partial charge on any atom is 0.140 e. The molecule has 17 heavy (non-hydrogen) atoms. The number of ether oxygens (including phenoxy) is 2. The van der Waals surface area contributed by atoms with Crippen molar-refractivity contribution in [2.75, 3.05) is 20.8 Å². The van der Waals surface area contributed by atoms with Gasteiger partial charge in [0.15, 0.2) is 0 Å². The van der Waals surface area contributed by atoms with E-state index in [4.69, 9.17) is 15.2 Å². The summed E-state index contributed by atoms with van der Waals surface area (Å²) in [6.07, 6.45) is 2.81. The van der Waals surface area contributed by atoms with E-state index in [2.05, 4.69) is 28.9 Å². The Hall–Kier alpha value is -0.740. The highest BCUT2D eigenvalue weighted by Gasteiger charge is 2.16. The van der Waals surface area contributed by atoms with Gasteiger partial charge in [-0.05, 0) is 58.9 Å². The Morgan fingerprint density at radius 3 is 2.24 bits per heavy atom. The molecule has 1 aromatic carbocycles. The Labute approximate surface area is 111 Å². The van der Waals surface area contributed by atoms with Crippen LogP contribution in [0.1, 0.15) is 24.5 Å². The van der Waals surface area contributed by atoms with Crippen LogP contribution in [0, 0.1) is 0 Å². The quantitative estimate of drug-likeness (QED) is 0.878. The second kappa shape index (κ2) is 6.87. The topological polar surface area (TPSA) is 44.5 Å². The fourth-order valence-corrected chi connectivity index (χ4v) is 2.74. The van der Waals surface area contributed by atoms with Crippen LogP contribution in [0.3, 0.4) is 0 Å². The Morgan fingerprint density at radius 1 is 1.18 bits per heavy atom. The van der Waals surface area contributed by atoms with Crippen molar-refractivity contribution in [3.63, 3.8) is 0 Å². The van der Waals surface area contributed by atoms with E-state index >= 15 is 0 Å². The highest BCUT2D eigenvalue weighted by Crippen LogP contribution is 2.40. The predicted octanol–water partition coefficient (Wildman–Crippen LogP) is 2.92. The molecular weight excluding hydrogens is 282 g/mol. The fourth-order valence-electron chi connectivity index (χ4n) is 1.91. The first-order valence-corrected chi connectivity index (χ1v) is 6.61. The van der Waals surface area contributed by atoms with Crippen molar-refractivity contribution in [3.05, 3.63) is 21.7 Å². The van der Waals surface area contributed by atoms with Gasteiger partial charge in [-0.2, -0.15) is 0 Å². The van der Waals surface area contributed by atoms with Gasteiger partial charge in [0.2, 0.25) is 0 Å². The minimum atomic E-state index is 0.689. The zero-order valence-corrected chi connectivity index (χ0v) is 12.3. The lowest BCUT2D eigenvalue weighted by molar-refractivity contribution is 0.383. The molecule has 0 aliphatic rings. The van der Waals surface area contributed by atoms with Crippen molar-refractivity contribution in [2.24, 2.45) is 5.73 Å². The summed E-state index contributed by atoms with van der Waals surface area (Å²) < 4.78 is 11.8. The van der Waals surface area contributed by atoms with Crippen LogP contribution >= 0.6 is 15.9 Å². The maximum atomic E-state index is 5.56. The molecule has 0 fully saturated rings. The molecule has 96 valence electrons. The summed E-state index contributed by atoms with van der Waals surface area (Å²) in [5.74, 6) is 1.72. The highest BCUT2D eigenvalue weighted by atomic mass is 79.9. The van der Waals surface area contributed by atoms with Gasteiger partial charge in [-0.25, -0.2) is 0 Å². The molecule has 0 atom stereocenters. The van der Waals surface area contributed by atoms with E-state index in [-0.39, 0.29) is 0 Å². The minimum absolute atomic E-state index is 0.689. The van der Waals surface area contributed by atoms with Crippen molar-refractivity contribution in [3.8, 4) is 11.5 Å². The number of nitrogens with two attached hydrogens (primary N) is 1. The molecule has 2 N–H and O–H groups in total. The van der Waals surface area contributed by atoms with Gasteiger partial charge >= 0.3 is 0 Å². The summed E-state index contributed by atoms with van der Waals surface area (Å²) in [6, 6.07) is 2.15. The Bertz CT molecular complexity index is 380. The second-order valence-corrected chi connectivity index (χ2v) is 4.61. The zero-order chi connectivity index (χ0) is 12.8. The third-order valence-corrected chi connectivity index (χ3v) is 3.49. The minimum Gasteiger partial charge on any atom is -0.495 e. The van der Waals surface area contributed by atoms with Gasteiger partial charge in [0.05, 0.1) is 14.2 Å². The van der Waals surface area contributed by atoms with Gasteiger partial charge in [0, 0.05) is 0 Å². The SMILES string of the molecule is CCc1cc(CCCN)c(OC)c(Br)c1OC. The standard InChI is InChI=1S/C13H20BrNO2/c1-4-9-8-10(6-5-7-15)13(17-3)11(14)12(9)16-2/h8H,4-7,15H2,1-3H3. The molecule has 0 saturated heterocycles. The number of rotatable bonds is 6. The monoisotopic (exact) mass is 301 g/mol. The van der Waals surface area contributed by atoms with Crippen molar-refractivity contribution in [1.29, 1.82) is 0 Å². The van der Waals surface area contributed by atoms with Crippen LogP contribution in [0.15, 0.2) is 10.5 Å². The Balaban J connectivity index is 3.24. The molecule has 1 aromatic rings. The Morgan fingerprint density at radius 2 is 1.76 bits per heavy atom. The highest BCUT2D eigenvalue weighted by molar-refractivity contribution is 9.10. The number of aryl methyl sites for hydroxylation is 2. The molecule has 0 spiro atoms. The molecule has 0 heterocycles. The van der Waals surface area contributed by atoms with Crippen LogP contribution in [-0.2, 0) is 12.8 Å². The van der Waals surface area contributed by atoms with Crippen molar-refractivity contribution in [1.82, 2.24) is 0 Å². The molecule has 0 aliphatic carbocycles. The van der Waals surface area contributed by atoms with Gasteiger partial charge in [0.1, 0.15) is 16.0 Å². The van der Waals surface area contributed by atoms with Crippen LogP contribution in [0.25, 0.3) is 0 Å². The van der Waals surface area contributed by atoms with Gasteiger partial charge in [-0.15, -0.1) is 0 Å². The summed E-state index contributed by atoms with van der Waals surface area (Å²) in [4.78, 5) is 0. The first-order chi connectivity index (χ1) is 8.19. The van der Waals surface area contributed by atoms with Gasteiger partial charge in [-0.1, -0.05) is 6.92 Å². The van der Waals surface area contributed by atoms with E-state index in [0.29, 0.717) is 6.54 Å². The molecular formula is C13H20BrNO2. The summed E-state index contributed by atoms with van der Waals surface area (Å²) in [5.41, 5.74) is 7.93. The molecule has 0 unspecified atom stereocenters. The molecule has 1 rings (SSSR count). The molecule has 0 radical (unpaired) electrons. The fraction of sp³-hybridized carbons (Fsp3) is 0.538. The predicted molar refractivity (Wildman–Crippen MR) is 74.0 cm³/mol. The normalized spacial score (nSPS) is 10.4. The van der Waals surface area contributed by atoms with Crippen LogP contribution < -0.4 is 15.2 Å². The second-order valence-electron chi connectivity index (χ2n) is 3.82. The van der Waals surface area contributed by atoms with E-state index in [1.54, 1.807) is 14.2 Å². The van der Waals surface area contributed by atoms with Crippen molar-refractivity contribution in [2.45, 2.75) is 26.2 Å². The van der Waals surface area contributed by atoms with Gasteiger partial charge < -0.3 is 15.2 Å². The third kappa shape index (κ3) is 3.13. The molecule has 0 bridgehead atoms. The summed E-state index contributed by atoms with van der Waals surface area (Å²) in [7, 11) is 3.36. The first kappa shape index (κ1) is 14.3. The molecule has 0 saturated carbocycles. The number of methoxy groups -OCH3 is 2. The van der Waals surface area contributed by atoms with Crippen LogP contribution in [0.5, 0.6) is 11.5 Å². The van der Waals surface area contributed by atoms with E-state index in [1.165, 1.54) is 11.1 Å². The average molecular weight is 302 g/mol. The maximum absolute atomic E-state index is 5.56. The molecule has 0 aromatic heterocycles. The average Bonchev–Trinajstić information content (AvgIpc) is 2.35. The van der Waals surface area contributed by atoms with E-state index < -0.39 is 0 Å². The molecule has 4 heteroatoms. The number of benzene rings is 1. The van der Waals surface area contributed by atoms with E-state index in [1.807, 2.05) is 0 Å². The van der Waals surface area contributed by atoms with Crippen molar-refractivity contribution < 1.29 is 9.47 Å². The smallest absolute Gasteiger partial charge is 0.140 e. The zero-order valence-electron chi connectivity index (χ0n) is 10.7. The number of halogens is 1. The largest absolute Gasteiger partial charge is 0.495 e. The first-order valence-electron chi connectivity index (χ1n) is 5.81. The number of hydrogen-bond acceptors (Lipinski definition) is 3. The van der Waals surface area contributed by atoms with Gasteiger partial charge in [0.25, 0.3) is 0 Å². The van der Waals surface area contributed by atoms with E-state index in [0.717, 1.165) is 35.2 Å². The van der Waals surface area contributed by atoms with Crippen molar-refractivity contribution >= 4 is 15.9 Å². The lowest BCUT2D eigenvalue weighted by atomic mass is 10.0. The lowest BCUT2D eigenvalue weighted by Crippen LogP contribution is -2.04. The van der Waals surface area contributed by atoms with Crippen LogP contribution in [0.2, 0.25) is 0 Å². The van der Waals surface area contributed by atoms with Gasteiger partial charge in [-0.3, -0.25) is 0 Å².